The minimum Gasteiger partial charge on any atom is -0.316 e. The Bertz CT molecular complexity index is 763. The van der Waals surface area contributed by atoms with Crippen LogP contribution in [0.15, 0.2) is 77.4 Å². The van der Waals surface area contributed by atoms with Crippen molar-refractivity contribution in [3.8, 4) is 0 Å². The predicted molar refractivity (Wildman–Crippen MR) is 103 cm³/mol. The van der Waals surface area contributed by atoms with E-state index in [1.54, 1.807) is 0 Å². The standard InChI is InChI=1S/C22H24N2O/c1-18-16-21(23-14-12-19-8-4-2-5-9-19)17-22(25)24(18)15-13-20-10-6-3-7-11-20/h2-11,16H,12-15,17H2,1H3. The number of hydrogen-bond donors (Lipinski definition) is 0. The molecule has 0 aliphatic carbocycles. The van der Waals surface area contributed by atoms with E-state index in [1.165, 1.54) is 11.1 Å². The molecule has 2 aromatic carbocycles. The van der Waals surface area contributed by atoms with Gasteiger partial charge in [0.05, 0.1) is 6.42 Å². The highest BCUT2D eigenvalue weighted by atomic mass is 16.2. The van der Waals surface area contributed by atoms with Crippen LogP contribution >= 0.6 is 0 Å². The van der Waals surface area contributed by atoms with Crippen molar-refractivity contribution in [1.29, 1.82) is 0 Å². The molecule has 2 aromatic rings. The minimum absolute atomic E-state index is 0.148. The van der Waals surface area contributed by atoms with Gasteiger partial charge < -0.3 is 4.90 Å². The third-order valence-electron chi connectivity index (χ3n) is 4.46. The maximum atomic E-state index is 12.5. The Kier molecular flexibility index (Phi) is 5.78. The molecule has 0 saturated heterocycles. The molecule has 128 valence electrons. The fourth-order valence-corrected chi connectivity index (χ4v) is 3.08. The van der Waals surface area contributed by atoms with E-state index in [9.17, 15) is 4.79 Å². The Labute approximate surface area is 149 Å². The number of hydrogen-bond acceptors (Lipinski definition) is 2. The number of carbonyl (C=O) groups excluding carboxylic acids is 1. The molecular formula is C22H24N2O. The second-order valence-corrected chi connectivity index (χ2v) is 6.35. The van der Waals surface area contributed by atoms with E-state index >= 15 is 0 Å². The van der Waals surface area contributed by atoms with Crippen LogP contribution in [0, 0.1) is 0 Å². The molecule has 0 N–H and O–H groups in total. The molecule has 1 amide bonds. The van der Waals surface area contributed by atoms with Crippen molar-refractivity contribution >= 4 is 11.6 Å². The maximum absolute atomic E-state index is 12.5. The van der Waals surface area contributed by atoms with Crippen LogP contribution in [0.25, 0.3) is 0 Å². The van der Waals surface area contributed by atoms with Crippen LogP contribution in [0.3, 0.4) is 0 Å². The van der Waals surface area contributed by atoms with Gasteiger partial charge in [-0.3, -0.25) is 9.79 Å². The van der Waals surface area contributed by atoms with Gasteiger partial charge in [-0.25, -0.2) is 0 Å². The highest BCUT2D eigenvalue weighted by molar-refractivity contribution is 6.10. The first-order valence-corrected chi connectivity index (χ1v) is 8.82. The van der Waals surface area contributed by atoms with E-state index in [1.807, 2.05) is 48.2 Å². The molecule has 1 heterocycles. The number of carbonyl (C=O) groups is 1. The van der Waals surface area contributed by atoms with Gasteiger partial charge in [-0.15, -0.1) is 0 Å². The van der Waals surface area contributed by atoms with Gasteiger partial charge in [-0.1, -0.05) is 60.7 Å². The van der Waals surface area contributed by atoms with Crippen LogP contribution in [0.2, 0.25) is 0 Å². The Balaban J connectivity index is 1.57. The normalized spacial score (nSPS) is 16.2. The molecule has 0 aromatic heterocycles. The monoisotopic (exact) mass is 332 g/mol. The number of benzene rings is 2. The average molecular weight is 332 g/mol. The van der Waals surface area contributed by atoms with Crippen molar-refractivity contribution < 1.29 is 4.79 Å². The predicted octanol–water partition coefficient (Wildman–Crippen LogP) is 4.05. The maximum Gasteiger partial charge on any atom is 0.232 e. The summed E-state index contributed by atoms with van der Waals surface area (Å²) in [5.74, 6) is 0.148. The molecular weight excluding hydrogens is 308 g/mol. The molecule has 3 nitrogen and oxygen atoms in total. The first-order chi connectivity index (χ1) is 12.2. The highest BCUT2D eigenvalue weighted by Crippen LogP contribution is 2.16. The van der Waals surface area contributed by atoms with Gasteiger partial charge in [0.15, 0.2) is 0 Å². The molecule has 0 bridgehead atoms. The van der Waals surface area contributed by atoms with Gasteiger partial charge >= 0.3 is 0 Å². The van der Waals surface area contributed by atoms with Crippen LogP contribution in [-0.2, 0) is 17.6 Å². The summed E-state index contributed by atoms with van der Waals surface area (Å²) in [6, 6.07) is 20.6. The summed E-state index contributed by atoms with van der Waals surface area (Å²) in [7, 11) is 0. The lowest BCUT2D eigenvalue weighted by Gasteiger charge is -2.27. The van der Waals surface area contributed by atoms with Gasteiger partial charge in [0.25, 0.3) is 0 Å². The summed E-state index contributed by atoms with van der Waals surface area (Å²) in [4.78, 5) is 19.0. The molecule has 0 atom stereocenters. The number of amides is 1. The summed E-state index contributed by atoms with van der Waals surface area (Å²) in [5, 5.41) is 0. The average Bonchev–Trinajstić information content (AvgIpc) is 2.63. The molecule has 0 spiro atoms. The Morgan fingerprint density at radius 1 is 0.920 bits per heavy atom. The minimum atomic E-state index is 0.148. The van der Waals surface area contributed by atoms with Crippen LogP contribution in [-0.4, -0.2) is 29.6 Å². The molecule has 3 rings (SSSR count). The summed E-state index contributed by atoms with van der Waals surface area (Å²) in [6.45, 7) is 3.44. The summed E-state index contributed by atoms with van der Waals surface area (Å²) in [6.07, 6.45) is 4.24. The van der Waals surface area contributed by atoms with Gasteiger partial charge in [0, 0.05) is 24.5 Å². The number of nitrogens with zero attached hydrogens (tertiary/aromatic N) is 2. The third-order valence-corrected chi connectivity index (χ3v) is 4.46. The van der Waals surface area contributed by atoms with Gasteiger partial charge in [-0.05, 0) is 37.0 Å². The van der Waals surface area contributed by atoms with Crippen molar-refractivity contribution in [3.05, 3.63) is 83.6 Å². The quantitative estimate of drug-likeness (QED) is 0.785. The van der Waals surface area contributed by atoms with Crippen molar-refractivity contribution in [2.45, 2.75) is 26.2 Å². The molecule has 3 heteroatoms. The second-order valence-electron chi connectivity index (χ2n) is 6.35. The number of allylic oxidation sites excluding steroid dienone is 2. The third kappa shape index (κ3) is 4.90. The number of aliphatic imine (C=N–C) groups is 1. The van der Waals surface area contributed by atoms with Gasteiger partial charge in [0.2, 0.25) is 5.91 Å². The Hall–Kier alpha value is -2.68. The summed E-state index contributed by atoms with van der Waals surface area (Å²) in [5.41, 5.74) is 4.42. The number of rotatable bonds is 6. The van der Waals surface area contributed by atoms with E-state index < -0.39 is 0 Å². The van der Waals surface area contributed by atoms with Crippen LogP contribution < -0.4 is 0 Å². The zero-order valence-corrected chi connectivity index (χ0v) is 14.7. The molecule has 1 aliphatic heterocycles. The molecule has 1 aliphatic rings. The smallest absolute Gasteiger partial charge is 0.232 e. The van der Waals surface area contributed by atoms with Crippen molar-refractivity contribution in [3.63, 3.8) is 0 Å². The largest absolute Gasteiger partial charge is 0.316 e. The van der Waals surface area contributed by atoms with Gasteiger partial charge in [0.1, 0.15) is 0 Å². The first-order valence-electron chi connectivity index (χ1n) is 8.82. The van der Waals surface area contributed by atoms with Crippen molar-refractivity contribution in [2.75, 3.05) is 13.1 Å². The zero-order valence-electron chi connectivity index (χ0n) is 14.7. The lowest BCUT2D eigenvalue weighted by molar-refractivity contribution is -0.128. The van der Waals surface area contributed by atoms with E-state index in [4.69, 9.17) is 0 Å². The molecule has 0 fully saturated rings. The van der Waals surface area contributed by atoms with Crippen LogP contribution in [0.1, 0.15) is 24.5 Å². The van der Waals surface area contributed by atoms with E-state index in [0.717, 1.165) is 37.3 Å². The molecule has 0 saturated carbocycles. The van der Waals surface area contributed by atoms with E-state index in [-0.39, 0.29) is 5.91 Å². The summed E-state index contributed by atoms with van der Waals surface area (Å²) < 4.78 is 0. The van der Waals surface area contributed by atoms with Crippen molar-refractivity contribution in [2.24, 2.45) is 4.99 Å². The van der Waals surface area contributed by atoms with Crippen LogP contribution in [0.4, 0.5) is 0 Å². The molecule has 0 radical (unpaired) electrons. The highest BCUT2D eigenvalue weighted by Gasteiger charge is 2.21. The van der Waals surface area contributed by atoms with Crippen LogP contribution in [0.5, 0.6) is 0 Å². The zero-order chi connectivity index (χ0) is 17.5. The fourth-order valence-electron chi connectivity index (χ4n) is 3.08. The summed E-state index contributed by atoms with van der Waals surface area (Å²) >= 11 is 0. The fraction of sp³-hybridized carbons (Fsp3) is 0.273. The lowest BCUT2D eigenvalue weighted by Crippen LogP contribution is -2.36. The molecule has 0 unspecified atom stereocenters. The van der Waals surface area contributed by atoms with E-state index in [0.29, 0.717) is 6.42 Å². The lowest BCUT2D eigenvalue weighted by atomic mass is 10.1. The Morgan fingerprint density at radius 2 is 1.52 bits per heavy atom. The molecule has 25 heavy (non-hydrogen) atoms. The van der Waals surface area contributed by atoms with Gasteiger partial charge in [-0.2, -0.15) is 0 Å². The SMILES string of the molecule is CC1=CC(=NCCc2ccccc2)CC(=O)N1CCc1ccccc1. The van der Waals surface area contributed by atoms with Crippen molar-refractivity contribution in [1.82, 2.24) is 4.90 Å². The second kappa shape index (κ2) is 8.43. The van der Waals surface area contributed by atoms with E-state index in [2.05, 4.69) is 35.3 Å². The first kappa shape index (κ1) is 17.2. The topological polar surface area (TPSA) is 32.7 Å². The Morgan fingerprint density at radius 3 is 2.12 bits per heavy atom.